The van der Waals surface area contributed by atoms with Gasteiger partial charge in [0.15, 0.2) is 0 Å². The highest BCUT2D eigenvalue weighted by Gasteiger charge is 2.06. The average molecular weight is 348 g/mol. The van der Waals surface area contributed by atoms with E-state index >= 15 is 0 Å². The molecule has 1 amide bonds. The Kier molecular flexibility index (Phi) is 5.38. The molecule has 0 aliphatic carbocycles. The van der Waals surface area contributed by atoms with Gasteiger partial charge in [0.2, 0.25) is 5.95 Å². The van der Waals surface area contributed by atoms with Crippen LogP contribution < -0.4 is 16.0 Å². The van der Waals surface area contributed by atoms with Crippen molar-refractivity contribution in [3.63, 3.8) is 0 Å². The van der Waals surface area contributed by atoms with E-state index in [0.29, 0.717) is 23.0 Å². The van der Waals surface area contributed by atoms with Crippen LogP contribution in [0.2, 0.25) is 0 Å². The fraction of sp³-hybridized carbons (Fsp3) is 0.158. The summed E-state index contributed by atoms with van der Waals surface area (Å²) in [7, 11) is 0. The van der Waals surface area contributed by atoms with Gasteiger partial charge in [0.1, 0.15) is 5.82 Å². The zero-order chi connectivity index (χ0) is 18.4. The number of pyridine rings is 1. The topological polar surface area (TPSA) is 91.8 Å². The summed E-state index contributed by atoms with van der Waals surface area (Å²) in [5, 5.41) is 9.19. The third kappa shape index (κ3) is 4.54. The minimum atomic E-state index is -0.194. The fourth-order valence-corrected chi connectivity index (χ4v) is 2.35. The standard InChI is InChI=1S/C19H20N6O/c1-3-21-19-22-13(2)11-17(25-19)23-15-6-8-16(9-7-15)24-18(26)14-5-4-10-20-12-14/h4-12H,3H2,1-2H3,(H,24,26)(H2,21,22,23,25). The van der Waals surface area contributed by atoms with Gasteiger partial charge in [-0.05, 0) is 50.2 Å². The zero-order valence-electron chi connectivity index (χ0n) is 14.7. The molecule has 132 valence electrons. The predicted molar refractivity (Wildman–Crippen MR) is 103 cm³/mol. The van der Waals surface area contributed by atoms with Crippen molar-refractivity contribution in [1.82, 2.24) is 15.0 Å². The molecule has 0 unspecified atom stereocenters. The van der Waals surface area contributed by atoms with Crippen molar-refractivity contribution < 1.29 is 4.79 Å². The van der Waals surface area contributed by atoms with E-state index in [1.54, 1.807) is 18.3 Å². The van der Waals surface area contributed by atoms with Crippen LogP contribution in [0.1, 0.15) is 23.0 Å². The van der Waals surface area contributed by atoms with Crippen LogP contribution in [0, 0.1) is 6.92 Å². The van der Waals surface area contributed by atoms with Gasteiger partial charge in [0.05, 0.1) is 5.56 Å². The smallest absolute Gasteiger partial charge is 0.257 e. The fourth-order valence-electron chi connectivity index (χ4n) is 2.35. The van der Waals surface area contributed by atoms with Gasteiger partial charge in [-0.1, -0.05) is 0 Å². The highest BCUT2D eigenvalue weighted by molar-refractivity contribution is 6.04. The van der Waals surface area contributed by atoms with Crippen LogP contribution in [0.4, 0.5) is 23.1 Å². The molecule has 2 aromatic heterocycles. The van der Waals surface area contributed by atoms with E-state index in [1.807, 2.05) is 44.2 Å². The second-order valence-electron chi connectivity index (χ2n) is 5.65. The van der Waals surface area contributed by atoms with Gasteiger partial charge < -0.3 is 16.0 Å². The molecular weight excluding hydrogens is 328 g/mol. The molecule has 2 heterocycles. The van der Waals surface area contributed by atoms with Crippen molar-refractivity contribution in [2.75, 3.05) is 22.5 Å². The number of hydrogen-bond donors (Lipinski definition) is 3. The Bertz CT molecular complexity index is 880. The van der Waals surface area contributed by atoms with Gasteiger partial charge in [-0.15, -0.1) is 0 Å². The van der Waals surface area contributed by atoms with Crippen LogP contribution in [-0.4, -0.2) is 27.4 Å². The molecule has 0 aliphatic rings. The lowest BCUT2D eigenvalue weighted by molar-refractivity contribution is 0.102. The number of carbonyl (C=O) groups excluding carboxylic acids is 1. The molecule has 3 aromatic rings. The number of benzene rings is 1. The van der Waals surface area contributed by atoms with Crippen molar-refractivity contribution in [3.8, 4) is 0 Å². The predicted octanol–water partition coefficient (Wildman–Crippen LogP) is 3.61. The van der Waals surface area contributed by atoms with Gasteiger partial charge in [-0.2, -0.15) is 4.98 Å². The van der Waals surface area contributed by atoms with E-state index in [9.17, 15) is 4.79 Å². The number of aryl methyl sites for hydroxylation is 1. The average Bonchev–Trinajstić information content (AvgIpc) is 2.64. The summed E-state index contributed by atoms with van der Waals surface area (Å²) in [6.07, 6.45) is 3.16. The number of hydrogen-bond acceptors (Lipinski definition) is 6. The molecule has 0 aliphatic heterocycles. The quantitative estimate of drug-likeness (QED) is 0.630. The van der Waals surface area contributed by atoms with Crippen molar-refractivity contribution in [2.24, 2.45) is 0 Å². The van der Waals surface area contributed by atoms with Crippen LogP contribution in [0.3, 0.4) is 0 Å². The molecule has 0 atom stereocenters. The number of nitrogens with one attached hydrogen (secondary N) is 3. The van der Waals surface area contributed by atoms with Gasteiger partial charge in [-0.3, -0.25) is 9.78 Å². The minimum absolute atomic E-state index is 0.194. The van der Waals surface area contributed by atoms with Crippen molar-refractivity contribution in [2.45, 2.75) is 13.8 Å². The van der Waals surface area contributed by atoms with Crippen molar-refractivity contribution in [1.29, 1.82) is 0 Å². The first-order valence-electron chi connectivity index (χ1n) is 8.32. The van der Waals surface area contributed by atoms with E-state index in [1.165, 1.54) is 6.20 Å². The summed E-state index contributed by atoms with van der Waals surface area (Å²) in [4.78, 5) is 24.8. The summed E-state index contributed by atoms with van der Waals surface area (Å²) in [5.41, 5.74) is 2.96. The summed E-state index contributed by atoms with van der Waals surface area (Å²) >= 11 is 0. The molecule has 0 radical (unpaired) electrons. The number of aromatic nitrogens is 3. The maximum absolute atomic E-state index is 12.1. The Morgan fingerprint density at radius 1 is 1.08 bits per heavy atom. The Balaban J connectivity index is 1.67. The largest absolute Gasteiger partial charge is 0.354 e. The van der Waals surface area contributed by atoms with Gasteiger partial charge >= 0.3 is 0 Å². The molecule has 0 saturated carbocycles. The lowest BCUT2D eigenvalue weighted by Gasteiger charge is -2.10. The first-order chi connectivity index (χ1) is 12.6. The molecule has 0 bridgehead atoms. The minimum Gasteiger partial charge on any atom is -0.354 e. The van der Waals surface area contributed by atoms with Gasteiger partial charge in [0.25, 0.3) is 5.91 Å². The van der Waals surface area contributed by atoms with Crippen LogP contribution in [0.5, 0.6) is 0 Å². The molecule has 7 nitrogen and oxygen atoms in total. The Morgan fingerprint density at radius 2 is 1.85 bits per heavy atom. The van der Waals surface area contributed by atoms with Gasteiger partial charge in [-0.25, -0.2) is 4.98 Å². The van der Waals surface area contributed by atoms with E-state index in [0.717, 1.165) is 17.9 Å². The van der Waals surface area contributed by atoms with Gasteiger partial charge in [0, 0.05) is 42.1 Å². The van der Waals surface area contributed by atoms with Crippen LogP contribution >= 0.6 is 0 Å². The van der Waals surface area contributed by atoms with Crippen molar-refractivity contribution in [3.05, 3.63) is 66.1 Å². The molecule has 3 rings (SSSR count). The Hall–Kier alpha value is -3.48. The second-order valence-corrected chi connectivity index (χ2v) is 5.65. The maximum atomic E-state index is 12.1. The van der Waals surface area contributed by atoms with E-state index in [-0.39, 0.29) is 5.91 Å². The summed E-state index contributed by atoms with van der Waals surface area (Å²) < 4.78 is 0. The third-order valence-electron chi connectivity index (χ3n) is 3.53. The SMILES string of the molecule is CCNc1nc(C)cc(Nc2ccc(NC(=O)c3cccnc3)cc2)n1. The summed E-state index contributed by atoms with van der Waals surface area (Å²) in [5.74, 6) is 1.11. The van der Waals surface area contributed by atoms with E-state index < -0.39 is 0 Å². The van der Waals surface area contributed by atoms with Crippen molar-refractivity contribution >= 4 is 29.0 Å². The lowest BCUT2D eigenvalue weighted by Crippen LogP contribution is -2.11. The zero-order valence-corrected chi connectivity index (χ0v) is 14.7. The summed E-state index contributed by atoms with van der Waals surface area (Å²) in [6, 6.07) is 12.7. The molecule has 7 heteroatoms. The summed E-state index contributed by atoms with van der Waals surface area (Å²) in [6.45, 7) is 4.68. The first-order valence-corrected chi connectivity index (χ1v) is 8.32. The monoisotopic (exact) mass is 348 g/mol. The maximum Gasteiger partial charge on any atom is 0.257 e. The number of amides is 1. The number of anilines is 4. The molecular formula is C19H20N6O. The Morgan fingerprint density at radius 3 is 2.54 bits per heavy atom. The molecule has 0 spiro atoms. The Labute approximate surface area is 151 Å². The molecule has 26 heavy (non-hydrogen) atoms. The second kappa shape index (κ2) is 8.06. The lowest BCUT2D eigenvalue weighted by atomic mass is 10.2. The first kappa shape index (κ1) is 17.3. The van der Waals surface area contributed by atoms with Crippen LogP contribution in [0.25, 0.3) is 0 Å². The van der Waals surface area contributed by atoms with E-state index in [2.05, 4.69) is 30.9 Å². The highest BCUT2D eigenvalue weighted by atomic mass is 16.1. The molecule has 1 aromatic carbocycles. The van der Waals surface area contributed by atoms with Crippen LogP contribution in [0.15, 0.2) is 54.9 Å². The molecule has 0 fully saturated rings. The van der Waals surface area contributed by atoms with Crippen LogP contribution in [-0.2, 0) is 0 Å². The third-order valence-corrected chi connectivity index (χ3v) is 3.53. The highest BCUT2D eigenvalue weighted by Crippen LogP contribution is 2.19. The normalized spacial score (nSPS) is 10.2. The molecule has 0 saturated heterocycles. The molecule has 3 N–H and O–H groups in total. The number of rotatable bonds is 6. The number of nitrogens with zero attached hydrogens (tertiary/aromatic N) is 3. The van der Waals surface area contributed by atoms with E-state index in [4.69, 9.17) is 0 Å². The number of carbonyl (C=O) groups is 1.